The number of nitrogens with one attached hydrogen (secondary N) is 2. The number of likely N-dealkylation sites (tertiary alicyclic amines) is 1. The normalized spacial score (nSPS) is 23.6. The first-order valence-electron chi connectivity index (χ1n) is 8.05. The molecule has 3 heterocycles. The lowest BCUT2D eigenvalue weighted by molar-refractivity contribution is -0.121. The standard InChI is InChI=1S/C15H19N7O2/c1-7-17-14(21-18-7)10-6-22(5-9(10)13(16)23)15(24)12-4-11(19-20-12)8-2-3-8/h4,8-10H,2-3,5-6H2,1H3,(H2,16,23)(H,19,20)(H,17,18,21)/t9-,10-/m1/s1. The topological polar surface area (TPSA) is 134 Å². The average Bonchev–Trinajstić information content (AvgIpc) is 3.00. The molecule has 2 aromatic heterocycles. The van der Waals surface area contributed by atoms with Crippen LogP contribution in [0, 0.1) is 12.8 Å². The molecule has 1 aliphatic carbocycles. The molecule has 2 aromatic rings. The van der Waals surface area contributed by atoms with E-state index in [1.165, 1.54) is 0 Å². The molecule has 0 aromatic carbocycles. The van der Waals surface area contributed by atoms with E-state index in [1.54, 1.807) is 11.8 Å². The van der Waals surface area contributed by atoms with E-state index in [1.807, 2.05) is 6.07 Å². The Morgan fingerprint density at radius 3 is 2.67 bits per heavy atom. The van der Waals surface area contributed by atoms with Gasteiger partial charge < -0.3 is 10.6 Å². The second-order valence-corrected chi connectivity index (χ2v) is 6.59. The number of aromatic nitrogens is 5. The van der Waals surface area contributed by atoms with Crippen molar-refractivity contribution in [3.8, 4) is 0 Å². The molecule has 2 aliphatic rings. The number of nitrogens with two attached hydrogens (primary N) is 1. The van der Waals surface area contributed by atoms with Crippen LogP contribution in [-0.4, -0.2) is 55.2 Å². The van der Waals surface area contributed by atoms with E-state index in [-0.39, 0.29) is 18.4 Å². The first-order chi connectivity index (χ1) is 11.5. The van der Waals surface area contributed by atoms with Crippen molar-refractivity contribution < 1.29 is 9.59 Å². The van der Waals surface area contributed by atoms with Crippen LogP contribution in [0.4, 0.5) is 0 Å². The molecule has 0 unspecified atom stereocenters. The monoisotopic (exact) mass is 329 g/mol. The molecule has 2 atom stereocenters. The van der Waals surface area contributed by atoms with E-state index in [9.17, 15) is 9.59 Å². The molecule has 1 saturated heterocycles. The van der Waals surface area contributed by atoms with Crippen molar-refractivity contribution in [1.82, 2.24) is 30.3 Å². The van der Waals surface area contributed by atoms with Gasteiger partial charge in [0.25, 0.3) is 5.91 Å². The molecule has 1 saturated carbocycles. The fraction of sp³-hybridized carbons (Fsp3) is 0.533. The highest BCUT2D eigenvalue weighted by Gasteiger charge is 2.42. The lowest BCUT2D eigenvalue weighted by atomic mass is 9.95. The third-order valence-electron chi connectivity index (χ3n) is 4.75. The summed E-state index contributed by atoms with van der Waals surface area (Å²) in [5.41, 5.74) is 6.91. The number of carbonyl (C=O) groups is 2. The number of primary amides is 1. The number of aryl methyl sites for hydroxylation is 1. The lowest BCUT2D eigenvalue weighted by Gasteiger charge is -2.13. The van der Waals surface area contributed by atoms with Gasteiger partial charge in [-0.2, -0.15) is 10.2 Å². The van der Waals surface area contributed by atoms with Crippen LogP contribution in [0.25, 0.3) is 0 Å². The minimum Gasteiger partial charge on any atom is -0.369 e. The minimum atomic E-state index is -0.494. The highest BCUT2D eigenvalue weighted by Crippen LogP contribution is 2.39. The van der Waals surface area contributed by atoms with Crippen molar-refractivity contribution in [3.63, 3.8) is 0 Å². The van der Waals surface area contributed by atoms with Gasteiger partial charge in [0.1, 0.15) is 11.5 Å². The van der Waals surface area contributed by atoms with Crippen molar-refractivity contribution in [1.29, 1.82) is 0 Å². The fourth-order valence-electron chi connectivity index (χ4n) is 3.26. The maximum atomic E-state index is 12.7. The van der Waals surface area contributed by atoms with E-state index >= 15 is 0 Å². The fourth-order valence-corrected chi connectivity index (χ4v) is 3.26. The molecule has 9 nitrogen and oxygen atoms in total. The van der Waals surface area contributed by atoms with Crippen LogP contribution < -0.4 is 5.73 Å². The zero-order chi connectivity index (χ0) is 16.8. The Bertz CT molecular complexity index is 791. The van der Waals surface area contributed by atoms with Gasteiger partial charge in [-0.15, -0.1) is 0 Å². The van der Waals surface area contributed by atoms with Gasteiger partial charge in [-0.25, -0.2) is 4.98 Å². The number of aromatic amines is 2. The summed E-state index contributed by atoms with van der Waals surface area (Å²) in [6, 6.07) is 1.81. The number of nitrogens with zero attached hydrogens (tertiary/aromatic N) is 4. The predicted molar refractivity (Wildman–Crippen MR) is 83.0 cm³/mol. The van der Waals surface area contributed by atoms with E-state index in [2.05, 4.69) is 25.4 Å². The summed E-state index contributed by atoms with van der Waals surface area (Å²) in [4.78, 5) is 30.4. The Kier molecular flexibility index (Phi) is 3.36. The van der Waals surface area contributed by atoms with Gasteiger partial charge in [0.2, 0.25) is 5.91 Å². The van der Waals surface area contributed by atoms with Crippen LogP contribution in [0.1, 0.15) is 52.5 Å². The molecule has 1 aliphatic heterocycles. The Balaban J connectivity index is 1.55. The predicted octanol–water partition coefficient (Wildman–Crippen LogP) is 0.0547. The summed E-state index contributed by atoms with van der Waals surface area (Å²) in [5, 5.41) is 14.0. The largest absolute Gasteiger partial charge is 0.369 e. The van der Waals surface area contributed by atoms with Gasteiger partial charge in [-0.1, -0.05) is 0 Å². The zero-order valence-corrected chi connectivity index (χ0v) is 13.3. The lowest BCUT2D eigenvalue weighted by Crippen LogP contribution is -2.32. The number of hydrogen-bond acceptors (Lipinski definition) is 5. The van der Waals surface area contributed by atoms with Gasteiger partial charge in [-0.05, 0) is 25.8 Å². The van der Waals surface area contributed by atoms with Crippen LogP contribution in [0.5, 0.6) is 0 Å². The van der Waals surface area contributed by atoms with Crippen LogP contribution in [0.3, 0.4) is 0 Å². The van der Waals surface area contributed by atoms with Crippen LogP contribution in [0.15, 0.2) is 6.07 Å². The quantitative estimate of drug-likeness (QED) is 0.729. The van der Waals surface area contributed by atoms with Crippen molar-refractivity contribution in [3.05, 3.63) is 29.1 Å². The summed E-state index contributed by atoms with van der Waals surface area (Å²) in [6.07, 6.45) is 2.27. The van der Waals surface area contributed by atoms with Crippen molar-refractivity contribution in [2.75, 3.05) is 13.1 Å². The first kappa shape index (κ1) is 14.9. The smallest absolute Gasteiger partial charge is 0.274 e. The van der Waals surface area contributed by atoms with Crippen molar-refractivity contribution >= 4 is 11.8 Å². The summed E-state index contributed by atoms with van der Waals surface area (Å²) in [7, 11) is 0. The molecular weight excluding hydrogens is 310 g/mol. The Labute approximate surface area is 138 Å². The molecule has 9 heteroatoms. The molecular formula is C15H19N7O2. The van der Waals surface area contributed by atoms with Gasteiger partial charge in [0.05, 0.1) is 11.8 Å². The summed E-state index contributed by atoms with van der Waals surface area (Å²) in [6.45, 7) is 2.41. The van der Waals surface area contributed by atoms with Gasteiger partial charge in [0, 0.05) is 24.7 Å². The Hall–Kier alpha value is -2.71. The summed E-state index contributed by atoms with van der Waals surface area (Å²) < 4.78 is 0. The highest BCUT2D eigenvalue weighted by atomic mass is 16.2. The minimum absolute atomic E-state index is 0.195. The number of hydrogen-bond donors (Lipinski definition) is 3. The number of H-pyrrole nitrogens is 2. The molecule has 4 rings (SSSR count). The van der Waals surface area contributed by atoms with E-state index < -0.39 is 11.8 Å². The molecule has 0 radical (unpaired) electrons. The molecule has 24 heavy (non-hydrogen) atoms. The van der Waals surface area contributed by atoms with Crippen LogP contribution >= 0.6 is 0 Å². The second-order valence-electron chi connectivity index (χ2n) is 6.59. The molecule has 4 N–H and O–H groups in total. The summed E-state index contributed by atoms with van der Waals surface area (Å²) >= 11 is 0. The number of rotatable bonds is 4. The molecule has 0 bridgehead atoms. The van der Waals surface area contributed by atoms with Crippen LogP contribution in [-0.2, 0) is 4.79 Å². The second kappa shape index (κ2) is 5.43. The molecule has 2 fully saturated rings. The average molecular weight is 329 g/mol. The summed E-state index contributed by atoms with van der Waals surface area (Å²) in [5.74, 6) is 0.258. The molecule has 2 amide bonds. The molecule has 126 valence electrons. The van der Waals surface area contributed by atoms with E-state index in [0.29, 0.717) is 29.8 Å². The molecule has 0 spiro atoms. The number of amides is 2. The Morgan fingerprint density at radius 2 is 2.04 bits per heavy atom. The van der Waals surface area contributed by atoms with Crippen molar-refractivity contribution in [2.24, 2.45) is 11.7 Å². The third kappa shape index (κ3) is 2.55. The maximum absolute atomic E-state index is 12.7. The van der Waals surface area contributed by atoms with Crippen molar-refractivity contribution in [2.45, 2.75) is 31.6 Å². The number of carbonyl (C=O) groups excluding carboxylic acids is 2. The van der Waals surface area contributed by atoms with Crippen LogP contribution in [0.2, 0.25) is 0 Å². The van der Waals surface area contributed by atoms with Gasteiger partial charge in [-0.3, -0.25) is 19.8 Å². The van der Waals surface area contributed by atoms with E-state index in [4.69, 9.17) is 5.73 Å². The van der Waals surface area contributed by atoms with E-state index in [0.717, 1.165) is 18.5 Å². The highest BCUT2D eigenvalue weighted by molar-refractivity contribution is 5.93. The van der Waals surface area contributed by atoms with Gasteiger partial charge >= 0.3 is 0 Å². The SMILES string of the molecule is Cc1nc([C@@H]2CN(C(=O)c3cc(C4CC4)[nH]n3)C[C@H]2C(N)=O)n[nH]1. The zero-order valence-electron chi connectivity index (χ0n) is 13.3. The van der Waals surface area contributed by atoms with Gasteiger partial charge in [0.15, 0.2) is 5.82 Å². The third-order valence-corrected chi connectivity index (χ3v) is 4.75. The first-order valence-corrected chi connectivity index (χ1v) is 8.05. The maximum Gasteiger partial charge on any atom is 0.274 e. The Morgan fingerprint density at radius 1 is 1.25 bits per heavy atom.